The number of nitriles is 1. The first-order chi connectivity index (χ1) is 10.2. The molecule has 0 unspecified atom stereocenters. The fourth-order valence-electron chi connectivity index (χ4n) is 3.09. The first-order valence-electron chi connectivity index (χ1n) is 7.28. The van der Waals surface area contributed by atoms with Crippen molar-refractivity contribution in [3.05, 3.63) is 23.9 Å². The highest BCUT2D eigenvalue weighted by atomic mass is 16.3. The van der Waals surface area contributed by atoms with Crippen molar-refractivity contribution in [1.82, 2.24) is 9.88 Å². The van der Waals surface area contributed by atoms with Gasteiger partial charge in [0.05, 0.1) is 5.56 Å². The van der Waals surface area contributed by atoms with Crippen molar-refractivity contribution >= 4 is 11.7 Å². The maximum absolute atomic E-state index is 11.8. The third-order valence-electron chi connectivity index (χ3n) is 4.32. The zero-order valence-electron chi connectivity index (χ0n) is 11.8. The molecule has 2 fully saturated rings. The molecular formula is C15H18N4O2. The Morgan fingerprint density at radius 3 is 2.52 bits per heavy atom. The number of rotatable bonds is 2. The predicted molar refractivity (Wildman–Crippen MR) is 76.5 cm³/mol. The zero-order chi connectivity index (χ0) is 14.8. The van der Waals surface area contributed by atoms with Crippen LogP contribution >= 0.6 is 0 Å². The fraction of sp³-hybridized carbons (Fsp3) is 0.533. The van der Waals surface area contributed by atoms with Crippen molar-refractivity contribution in [1.29, 1.82) is 5.26 Å². The summed E-state index contributed by atoms with van der Waals surface area (Å²) in [5, 5.41) is 18.3. The number of aromatic nitrogens is 1. The van der Waals surface area contributed by atoms with Crippen molar-refractivity contribution in [2.24, 2.45) is 0 Å². The summed E-state index contributed by atoms with van der Waals surface area (Å²) >= 11 is 0. The van der Waals surface area contributed by atoms with E-state index >= 15 is 0 Å². The number of hydrogen-bond donors (Lipinski definition) is 1. The number of carbonyl (C=O) groups excluding carboxylic acids is 1. The lowest BCUT2D eigenvalue weighted by molar-refractivity contribution is -0.136. The van der Waals surface area contributed by atoms with Crippen molar-refractivity contribution in [2.75, 3.05) is 24.5 Å². The number of carbonyl (C=O) groups is 1. The van der Waals surface area contributed by atoms with E-state index in [-0.39, 0.29) is 11.9 Å². The van der Waals surface area contributed by atoms with Crippen LogP contribution < -0.4 is 4.90 Å². The lowest BCUT2D eigenvalue weighted by Crippen LogP contribution is -2.46. The smallest absolute Gasteiger partial charge is 0.251 e. The predicted octanol–water partition coefficient (Wildman–Crippen LogP) is 0.515. The van der Waals surface area contributed by atoms with Gasteiger partial charge in [0.1, 0.15) is 18.0 Å². The van der Waals surface area contributed by atoms with Crippen LogP contribution in [0, 0.1) is 11.3 Å². The van der Waals surface area contributed by atoms with Crippen LogP contribution in [0.5, 0.6) is 0 Å². The molecule has 0 radical (unpaired) electrons. The number of aliphatic hydroxyl groups excluding tert-OH is 1. The van der Waals surface area contributed by atoms with E-state index < -0.39 is 6.10 Å². The van der Waals surface area contributed by atoms with E-state index in [1.807, 2.05) is 11.0 Å². The Morgan fingerprint density at radius 2 is 2.00 bits per heavy atom. The Hall–Kier alpha value is -2.13. The number of piperidine rings is 1. The Morgan fingerprint density at radius 1 is 1.24 bits per heavy atom. The van der Waals surface area contributed by atoms with Crippen LogP contribution in [0.4, 0.5) is 5.82 Å². The van der Waals surface area contributed by atoms with E-state index in [1.165, 1.54) is 0 Å². The number of likely N-dealkylation sites (tertiary alicyclic amines) is 1. The summed E-state index contributed by atoms with van der Waals surface area (Å²) in [6.07, 6.45) is 3.11. The Balaban J connectivity index is 1.60. The molecule has 2 aliphatic heterocycles. The molecule has 3 rings (SSSR count). The molecule has 1 atom stereocenters. The molecule has 6 nitrogen and oxygen atoms in total. The normalized spacial score (nSPS) is 23.4. The van der Waals surface area contributed by atoms with Crippen molar-refractivity contribution in [3.63, 3.8) is 0 Å². The van der Waals surface area contributed by atoms with Gasteiger partial charge in [0.15, 0.2) is 0 Å². The molecule has 0 bridgehead atoms. The molecule has 1 N–H and O–H groups in total. The van der Waals surface area contributed by atoms with Gasteiger partial charge in [-0.2, -0.15) is 5.26 Å². The summed E-state index contributed by atoms with van der Waals surface area (Å²) in [7, 11) is 0. The molecule has 2 aliphatic rings. The molecule has 2 saturated heterocycles. The van der Waals surface area contributed by atoms with Crippen LogP contribution in [0.25, 0.3) is 0 Å². The summed E-state index contributed by atoms with van der Waals surface area (Å²) in [5.41, 5.74) is 0.560. The minimum absolute atomic E-state index is 0.120. The van der Waals surface area contributed by atoms with Gasteiger partial charge >= 0.3 is 0 Å². The van der Waals surface area contributed by atoms with Gasteiger partial charge in [-0.25, -0.2) is 4.98 Å². The highest BCUT2D eigenvalue weighted by molar-refractivity contribution is 5.83. The van der Waals surface area contributed by atoms with Crippen molar-refractivity contribution in [2.45, 2.75) is 31.4 Å². The van der Waals surface area contributed by atoms with Gasteiger partial charge in [-0.15, -0.1) is 0 Å². The lowest BCUT2D eigenvalue weighted by atomic mass is 10.0. The van der Waals surface area contributed by atoms with E-state index in [4.69, 9.17) is 5.26 Å². The quantitative estimate of drug-likeness (QED) is 0.857. The Kier molecular flexibility index (Phi) is 3.76. The monoisotopic (exact) mass is 286 g/mol. The summed E-state index contributed by atoms with van der Waals surface area (Å²) < 4.78 is 0. The van der Waals surface area contributed by atoms with Gasteiger partial charge in [-0.3, -0.25) is 4.79 Å². The van der Waals surface area contributed by atoms with E-state index in [0.717, 1.165) is 31.7 Å². The highest BCUT2D eigenvalue weighted by Gasteiger charge is 2.36. The molecule has 1 aromatic heterocycles. The molecule has 6 heteroatoms. The molecule has 0 aromatic carbocycles. The first-order valence-corrected chi connectivity index (χ1v) is 7.28. The summed E-state index contributed by atoms with van der Waals surface area (Å²) in [6, 6.07) is 5.92. The second kappa shape index (κ2) is 5.70. The van der Waals surface area contributed by atoms with Crippen LogP contribution in [-0.4, -0.2) is 52.7 Å². The highest BCUT2D eigenvalue weighted by Crippen LogP contribution is 2.24. The number of aliphatic hydroxyl groups is 1. The molecule has 0 saturated carbocycles. The number of nitrogens with zero attached hydrogens (tertiary/aromatic N) is 4. The number of hydrogen-bond acceptors (Lipinski definition) is 5. The minimum Gasteiger partial charge on any atom is -0.383 e. The van der Waals surface area contributed by atoms with Gasteiger partial charge in [0.2, 0.25) is 0 Å². The molecular weight excluding hydrogens is 268 g/mol. The topological polar surface area (TPSA) is 80.5 Å². The molecule has 3 heterocycles. The molecule has 1 amide bonds. The molecule has 110 valence electrons. The number of anilines is 1. The van der Waals surface area contributed by atoms with Crippen molar-refractivity contribution in [3.8, 4) is 6.07 Å². The van der Waals surface area contributed by atoms with E-state index in [0.29, 0.717) is 18.5 Å². The van der Waals surface area contributed by atoms with Crippen LogP contribution in [0.3, 0.4) is 0 Å². The average Bonchev–Trinajstić information content (AvgIpc) is 2.87. The van der Waals surface area contributed by atoms with E-state index in [2.05, 4.69) is 16.0 Å². The fourth-order valence-corrected chi connectivity index (χ4v) is 3.09. The van der Waals surface area contributed by atoms with Gasteiger partial charge in [-0.1, -0.05) is 0 Å². The summed E-state index contributed by atoms with van der Waals surface area (Å²) in [4.78, 5) is 20.2. The average molecular weight is 286 g/mol. The largest absolute Gasteiger partial charge is 0.383 e. The van der Waals surface area contributed by atoms with Crippen LogP contribution in [-0.2, 0) is 4.79 Å². The van der Waals surface area contributed by atoms with Crippen LogP contribution in [0.1, 0.15) is 24.8 Å². The van der Waals surface area contributed by atoms with Gasteiger partial charge in [0.25, 0.3) is 5.91 Å². The van der Waals surface area contributed by atoms with Crippen molar-refractivity contribution < 1.29 is 9.90 Å². The number of amides is 1. The SMILES string of the molecule is N#Cc1ccc(N2CCC(N3CC[C@@H](O)C3=O)CC2)nc1. The zero-order valence-corrected chi connectivity index (χ0v) is 11.8. The first kappa shape index (κ1) is 13.8. The van der Waals surface area contributed by atoms with E-state index in [1.54, 1.807) is 12.3 Å². The van der Waals surface area contributed by atoms with Crippen LogP contribution in [0.15, 0.2) is 18.3 Å². The standard InChI is InChI=1S/C15H18N4O2/c16-9-11-1-2-14(17-10-11)18-6-3-12(4-7-18)19-8-5-13(20)15(19)21/h1-2,10,12-13,20H,3-8H2/t13-/m1/s1. The molecule has 1 aromatic rings. The lowest BCUT2D eigenvalue weighted by Gasteiger charge is -2.37. The van der Waals surface area contributed by atoms with Gasteiger partial charge < -0.3 is 14.9 Å². The number of pyridine rings is 1. The van der Waals surface area contributed by atoms with Gasteiger partial charge in [0, 0.05) is 31.9 Å². The Bertz CT molecular complexity index is 558. The molecule has 21 heavy (non-hydrogen) atoms. The summed E-state index contributed by atoms with van der Waals surface area (Å²) in [6.45, 7) is 2.34. The minimum atomic E-state index is -0.803. The summed E-state index contributed by atoms with van der Waals surface area (Å²) in [5.74, 6) is 0.755. The molecule has 0 spiro atoms. The Labute approximate surface area is 123 Å². The van der Waals surface area contributed by atoms with E-state index in [9.17, 15) is 9.90 Å². The van der Waals surface area contributed by atoms with Crippen LogP contribution in [0.2, 0.25) is 0 Å². The van der Waals surface area contributed by atoms with Gasteiger partial charge in [-0.05, 0) is 31.4 Å². The maximum Gasteiger partial charge on any atom is 0.251 e. The maximum atomic E-state index is 11.8. The molecule has 0 aliphatic carbocycles. The second-order valence-corrected chi connectivity index (χ2v) is 5.57. The third kappa shape index (κ3) is 2.69. The third-order valence-corrected chi connectivity index (χ3v) is 4.32. The second-order valence-electron chi connectivity index (χ2n) is 5.57.